The lowest BCUT2D eigenvalue weighted by atomic mass is 10.2. The second-order valence-electron chi connectivity index (χ2n) is 7.45. The molecule has 36 heavy (non-hydrogen) atoms. The highest BCUT2D eigenvalue weighted by molar-refractivity contribution is 7.99. The average Bonchev–Trinajstić information content (AvgIpc) is 3.32. The van der Waals surface area contributed by atoms with Crippen LogP contribution in [0, 0.1) is 0 Å². The maximum Gasteiger partial charge on any atom is 0.337 e. The van der Waals surface area contributed by atoms with E-state index in [-0.39, 0.29) is 11.7 Å². The summed E-state index contributed by atoms with van der Waals surface area (Å²) in [5, 5.41) is 12.6. The van der Waals surface area contributed by atoms with Gasteiger partial charge in [0.25, 0.3) is 0 Å². The van der Waals surface area contributed by atoms with E-state index in [1.807, 2.05) is 54.0 Å². The Morgan fingerprint density at radius 2 is 1.72 bits per heavy atom. The third-order valence-electron chi connectivity index (χ3n) is 5.08. The van der Waals surface area contributed by atoms with Gasteiger partial charge < -0.3 is 14.8 Å². The first kappa shape index (κ1) is 25.3. The van der Waals surface area contributed by atoms with Crippen molar-refractivity contribution in [2.45, 2.75) is 12.1 Å². The topological polar surface area (TPSA) is 95.3 Å². The highest BCUT2D eigenvalue weighted by Crippen LogP contribution is 2.32. The minimum absolute atomic E-state index is 0.0937. The molecule has 4 aromatic rings. The fraction of sp³-hybridized carbons (Fsp3) is 0.154. The lowest BCUT2D eigenvalue weighted by molar-refractivity contribution is -0.113. The second-order valence-corrected chi connectivity index (χ2v) is 8.80. The van der Waals surface area contributed by atoms with Gasteiger partial charge in [0.05, 0.1) is 30.1 Å². The third-order valence-corrected chi connectivity index (χ3v) is 6.33. The molecule has 1 amide bonds. The van der Waals surface area contributed by atoms with Crippen molar-refractivity contribution in [1.29, 1.82) is 0 Å². The number of carbonyl (C=O) groups excluding carboxylic acids is 2. The first-order chi connectivity index (χ1) is 17.5. The van der Waals surface area contributed by atoms with Gasteiger partial charge in [0.15, 0.2) is 11.0 Å². The van der Waals surface area contributed by atoms with Crippen molar-refractivity contribution in [3.63, 3.8) is 0 Å². The quantitative estimate of drug-likeness (QED) is 0.229. The van der Waals surface area contributed by atoms with E-state index in [2.05, 4.69) is 15.5 Å². The predicted octanol–water partition coefficient (Wildman–Crippen LogP) is 5.50. The normalized spacial score (nSPS) is 10.6. The van der Waals surface area contributed by atoms with Crippen LogP contribution in [0.1, 0.15) is 17.3 Å². The van der Waals surface area contributed by atoms with Crippen molar-refractivity contribution >= 4 is 40.9 Å². The molecule has 4 rings (SSSR count). The summed E-state index contributed by atoms with van der Waals surface area (Å²) in [5.41, 5.74) is 2.50. The first-order valence-electron chi connectivity index (χ1n) is 11.0. The molecule has 0 saturated carbocycles. The molecule has 1 N–H and O–H groups in total. The molecule has 3 aromatic carbocycles. The molecule has 0 aliphatic heterocycles. The number of ether oxygens (including phenoxy) is 2. The summed E-state index contributed by atoms with van der Waals surface area (Å²) >= 11 is 7.70. The fourth-order valence-electron chi connectivity index (χ4n) is 3.41. The van der Waals surface area contributed by atoms with Crippen molar-refractivity contribution < 1.29 is 19.1 Å². The number of thioether (sulfide) groups is 1. The summed E-state index contributed by atoms with van der Waals surface area (Å²) in [6.45, 7) is 2.50. The Kier molecular flexibility index (Phi) is 8.24. The molecular weight excluding hydrogens is 500 g/mol. The minimum Gasteiger partial charge on any atom is -0.494 e. The molecule has 10 heteroatoms. The van der Waals surface area contributed by atoms with Crippen molar-refractivity contribution in [3.8, 4) is 22.8 Å². The Hall–Kier alpha value is -3.82. The van der Waals surface area contributed by atoms with Crippen LogP contribution in [0.15, 0.2) is 78.0 Å². The number of nitrogens with zero attached hydrogens (tertiary/aromatic N) is 3. The molecule has 0 aliphatic carbocycles. The number of methoxy groups -OCH3 is 1. The molecule has 1 aromatic heterocycles. The van der Waals surface area contributed by atoms with Gasteiger partial charge >= 0.3 is 5.97 Å². The number of nitrogens with one attached hydrogen (secondary N) is 1. The Bertz CT molecular complexity index is 1360. The highest BCUT2D eigenvalue weighted by atomic mass is 35.5. The number of anilines is 1. The minimum atomic E-state index is -0.439. The zero-order chi connectivity index (χ0) is 25.5. The number of carbonyl (C=O) groups is 2. The van der Waals surface area contributed by atoms with Crippen LogP contribution in [0.2, 0.25) is 5.02 Å². The number of aromatic nitrogens is 3. The van der Waals surface area contributed by atoms with Gasteiger partial charge in [0, 0.05) is 16.9 Å². The lowest BCUT2D eigenvalue weighted by Crippen LogP contribution is -2.14. The molecular formula is C26H23ClN4O4S. The predicted molar refractivity (Wildman–Crippen MR) is 140 cm³/mol. The first-order valence-corrected chi connectivity index (χ1v) is 12.4. The van der Waals surface area contributed by atoms with Crippen LogP contribution in [0.25, 0.3) is 17.1 Å². The monoisotopic (exact) mass is 522 g/mol. The van der Waals surface area contributed by atoms with Crippen LogP contribution < -0.4 is 10.1 Å². The van der Waals surface area contributed by atoms with Crippen molar-refractivity contribution in [2.24, 2.45) is 0 Å². The van der Waals surface area contributed by atoms with Crippen LogP contribution in [0.4, 0.5) is 5.69 Å². The van der Waals surface area contributed by atoms with Crippen molar-refractivity contribution in [3.05, 3.63) is 83.4 Å². The fourth-order valence-corrected chi connectivity index (χ4v) is 4.38. The Morgan fingerprint density at radius 1 is 1.00 bits per heavy atom. The number of hydrogen-bond acceptors (Lipinski definition) is 7. The summed E-state index contributed by atoms with van der Waals surface area (Å²) in [6, 6.07) is 21.4. The standard InChI is InChI=1S/C26H23ClN4O4S/c1-3-35-20-14-12-19(13-15-20)31-24(21-6-4-5-7-22(21)27)29-30-26(31)36-16-23(32)28-18-10-8-17(9-11-18)25(33)34-2/h4-15H,3,16H2,1-2H3,(H,28,32). The summed E-state index contributed by atoms with van der Waals surface area (Å²) in [5.74, 6) is 0.736. The average molecular weight is 523 g/mol. The Morgan fingerprint density at radius 3 is 2.39 bits per heavy atom. The SMILES string of the molecule is CCOc1ccc(-n2c(SCC(=O)Nc3ccc(C(=O)OC)cc3)nnc2-c2ccccc2Cl)cc1. The van der Waals surface area contributed by atoms with E-state index < -0.39 is 5.97 Å². The van der Waals surface area contributed by atoms with Crippen molar-refractivity contribution in [1.82, 2.24) is 14.8 Å². The van der Waals surface area contributed by atoms with E-state index in [0.717, 1.165) is 17.0 Å². The van der Waals surface area contributed by atoms with Crippen LogP contribution in [0.5, 0.6) is 5.75 Å². The van der Waals surface area contributed by atoms with Gasteiger partial charge in [-0.2, -0.15) is 0 Å². The molecule has 0 aliphatic rings. The summed E-state index contributed by atoms with van der Waals surface area (Å²) in [4.78, 5) is 24.2. The summed E-state index contributed by atoms with van der Waals surface area (Å²) in [7, 11) is 1.32. The number of amides is 1. The molecule has 0 fully saturated rings. The summed E-state index contributed by atoms with van der Waals surface area (Å²) in [6.07, 6.45) is 0. The number of halogens is 1. The molecule has 0 unspecified atom stereocenters. The Labute approximate surface area is 217 Å². The van der Waals surface area contributed by atoms with Gasteiger partial charge in [-0.15, -0.1) is 10.2 Å². The number of esters is 1. The highest BCUT2D eigenvalue weighted by Gasteiger charge is 2.19. The number of hydrogen-bond donors (Lipinski definition) is 1. The van der Waals surface area contributed by atoms with Crippen LogP contribution in [-0.2, 0) is 9.53 Å². The van der Waals surface area contributed by atoms with E-state index in [0.29, 0.717) is 33.9 Å². The maximum atomic E-state index is 12.6. The van der Waals surface area contributed by atoms with Gasteiger partial charge in [0.2, 0.25) is 5.91 Å². The molecule has 0 atom stereocenters. The molecule has 0 saturated heterocycles. The summed E-state index contributed by atoms with van der Waals surface area (Å²) < 4.78 is 12.1. The van der Waals surface area contributed by atoms with E-state index in [9.17, 15) is 9.59 Å². The molecule has 8 nitrogen and oxygen atoms in total. The van der Waals surface area contributed by atoms with Crippen LogP contribution >= 0.6 is 23.4 Å². The molecule has 0 spiro atoms. The van der Waals surface area contributed by atoms with E-state index >= 15 is 0 Å². The number of benzene rings is 3. The van der Waals surface area contributed by atoms with Gasteiger partial charge in [0.1, 0.15) is 5.75 Å². The Balaban J connectivity index is 1.55. The zero-order valence-electron chi connectivity index (χ0n) is 19.6. The van der Waals surface area contributed by atoms with Gasteiger partial charge in [-0.05, 0) is 67.6 Å². The van der Waals surface area contributed by atoms with Gasteiger partial charge in [-0.25, -0.2) is 4.79 Å². The van der Waals surface area contributed by atoms with Crippen LogP contribution in [-0.4, -0.2) is 46.1 Å². The molecule has 184 valence electrons. The molecule has 0 radical (unpaired) electrons. The van der Waals surface area contributed by atoms with Crippen molar-refractivity contribution in [2.75, 3.05) is 24.8 Å². The van der Waals surface area contributed by atoms with E-state index in [1.54, 1.807) is 30.3 Å². The number of rotatable bonds is 9. The molecule has 0 bridgehead atoms. The zero-order valence-corrected chi connectivity index (χ0v) is 21.2. The lowest BCUT2D eigenvalue weighted by Gasteiger charge is -2.12. The third kappa shape index (κ3) is 5.87. The molecule has 1 heterocycles. The van der Waals surface area contributed by atoms with E-state index in [1.165, 1.54) is 18.9 Å². The maximum absolute atomic E-state index is 12.6. The van der Waals surface area contributed by atoms with Crippen LogP contribution in [0.3, 0.4) is 0 Å². The second kappa shape index (κ2) is 11.7. The largest absolute Gasteiger partial charge is 0.494 e. The van der Waals surface area contributed by atoms with E-state index in [4.69, 9.17) is 21.1 Å². The van der Waals surface area contributed by atoms with Gasteiger partial charge in [-0.1, -0.05) is 35.5 Å². The van der Waals surface area contributed by atoms with Gasteiger partial charge in [-0.3, -0.25) is 9.36 Å². The smallest absolute Gasteiger partial charge is 0.337 e.